The molecule has 16 heavy (non-hydrogen) atoms. The zero-order valence-corrected chi connectivity index (χ0v) is 9.83. The topological polar surface area (TPSA) is 74.8 Å². The lowest BCUT2D eigenvalue weighted by Gasteiger charge is -2.04. The SMILES string of the molecule is CCc1cc(C(=O)NCC(=O)C(C)C)n[nH]1. The van der Waals surface area contributed by atoms with Crippen molar-refractivity contribution in [1.29, 1.82) is 0 Å². The highest BCUT2D eigenvalue weighted by Crippen LogP contribution is 2.00. The zero-order chi connectivity index (χ0) is 12.1. The van der Waals surface area contributed by atoms with Gasteiger partial charge < -0.3 is 5.32 Å². The van der Waals surface area contributed by atoms with Gasteiger partial charge in [0.05, 0.1) is 6.54 Å². The number of ketones is 1. The Hall–Kier alpha value is -1.65. The van der Waals surface area contributed by atoms with Gasteiger partial charge in [0, 0.05) is 11.6 Å². The second kappa shape index (κ2) is 5.44. The predicted molar refractivity (Wildman–Crippen MR) is 60.1 cm³/mol. The Morgan fingerprint density at radius 1 is 1.50 bits per heavy atom. The molecule has 0 unspecified atom stereocenters. The molecular formula is C11H17N3O2. The fourth-order valence-corrected chi connectivity index (χ4v) is 1.12. The highest BCUT2D eigenvalue weighted by Gasteiger charge is 2.12. The van der Waals surface area contributed by atoms with Gasteiger partial charge in [0.1, 0.15) is 5.69 Å². The number of aromatic nitrogens is 2. The molecule has 1 rings (SSSR count). The summed E-state index contributed by atoms with van der Waals surface area (Å²) in [7, 11) is 0. The molecule has 1 aromatic heterocycles. The van der Waals surface area contributed by atoms with Gasteiger partial charge in [0.15, 0.2) is 5.78 Å². The quantitative estimate of drug-likeness (QED) is 0.779. The molecule has 0 bridgehead atoms. The number of amides is 1. The third-order valence-corrected chi connectivity index (χ3v) is 2.31. The van der Waals surface area contributed by atoms with Gasteiger partial charge in [-0.2, -0.15) is 5.10 Å². The number of carbonyl (C=O) groups excluding carboxylic acids is 2. The molecule has 0 aliphatic carbocycles. The van der Waals surface area contributed by atoms with Gasteiger partial charge in [0.2, 0.25) is 0 Å². The Balaban J connectivity index is 2.49. The molecule has 0 aliphatic heterocycles. The number of Topliss-reactive ketones (excluding diaryl/α,β-unsaturated/α-hetero) is 1. The standard InChI is InChI=1S/C11H17N3O2/c1-4-8-5-9(14-13-8)11(16)12-6-10(15)7(2)3/h5,7H,4,6H2,1-3H3,(H,12,16)(H,13,14). The van der Waals surface area contributed by atoms with Gasteiger partial charge in [-0.25, -0.2) is 0 Å². The lowest BCUT2D eigenvalue weighted by Crippen LogP contribution is -2.31. The van der Waals surface area contributed by atoms with Gasteiger partial charge in [-0.3, -0.25) is 14.7 Å². The number of rotatable bonds is 5. The van der Waals surface area contributed by atoms with E-state index in [0.29, 0.717) is 5.69 Å². The maximum absolute atomic E-state index is 11.6. The highest BCUT2D eigenvalue weighted by atomic mass is 16.2. The first-order valence-corrected chi connectivity index (χ1v) is 5.39. The van der Waals surface area contributed by atoms with Crippen LogP contribution in [0.5, 0.6) is 0 Å². The van der Waals surface area contributed by atoms with Crippen LogP contribution in [-0.4, -0.2) is 28.4 Å². The molecule has 0 aliphatic rings. The molecule has 1 aromatic rings. The lowest BCUT2D eigenvalue weighted by molar-refractivity contribution is -0.120. The Labute approximate surface area is 94.6 Å². The molecule has 88 valence electrons. The highest BCUT2D eigenvalue weighted by molar-refractivity contribution is 5.95. The summed E-state index contributed by atoms with van der Waals surface area (Å²) in [4.78, 5) is 22.9. The van der Waals surface area contributed by atoms with E-state index in [1.807, 2.05) is 6.92 Å². The maximum atomic E-state index is 11.6. The van der Waals surface area contributed by atoms with Crippen LogP contribution in [0.1, 0.15) is 37.0 Å². The summed E-state index contributed by atoms with van der Waals surface area (Å²) in [5.41, 5.74) is 1.23. The predicted octanol–water partition coefficient (Wildman–Crippen LogP) is 0.927. The van der Waals surface area contributed by atoms with Crippen molar-refractivity contribution >= 4 is 11.7 Å². The lowest BCUT2D eigenvalue weighted by atomic mass is 10.1. The van der Waals surface area contributed by atoms with E-state index < -0.39 is 0 Å². The van der Waals surface area contributed by atoms with Crippen molar-refractivity contribution in [2.75, 3.05) is 6.54 Å². The normalized spacial score (nSPS) is 10.5. The summed E-state index contributed by atoms with van der Waals surface area (Å²) < 4.78 is 0. The average molecular weight is 223 g/mol. The maximum Gasteiger partial charge on any atom is 0.272 e. The number of hydrogen-bond acceptors (Lipinski definition) is 3. The smallest absolute Gasteiger partial charge is 0.272 e. The summed E-state index contributed by atoms with van der Waals surface area (Å²) in [6.45, 7) is 5.64. The van der Waals surface area contributed by atoms with E-state index >= 15 is 0 Å². The summed E-state index contributed by atoms with van der Waals surface area (Å²) in [5.74, 6) is -0.366. The van der Waals surface area contributed by atoms with Crippen molar-refractivity contribution in [3.8, 4) is 0 Å². The van der Waals surface area contributed by atoms with Crippen molar-refractivity contribution in [3.63, 3.8) is 0 Å². The molecule has 5 heteroatoms. The van der Waals surface area contributed by atoms with E-state index in [4.69, 9.17) is 0 Å². The zero-order valence-electron chi connectivity index (χ0n) is 9.83. The second-order valence-corrected chi connectivity index (χ2v) is 3.94. The van der Waals surface area contributed by atoms with Gasteiger partial charge in [-0.1, -0.05) is 20.8 Å². The van der Waals surface area contributed by atoms with Crippen LogP contribution < -0.4 is 5.32 Å². The molecule has 2 N–H and O–H groups in total. The van der Waals surface area contributed by atoms with Crippen molar-refractivity contribution in [2.45, 2.75) is 27.2 Å². The third-order valence-electron chi connectivity index (χ3n) is 2.31. The number of aryl methyl sites for hydroxylation is 1. The van der Waals surface area contributed by atoms with Crippen LogP contribution in [0.15, 0.2) is 6.07 Å². The Morgan fingerprint density at radius 2 is 2.19 bits per heavy atom. The van der Waals surface area contributed by atoms with Crippen molar-refractivity contribution in [1.82, 2.24) is 15.5 Å². The fourth-order valence-electron chi connectivity index (χ4n) is 1.12. The van der Waals surface area contributed by atoms with Crippen molar-refractivity contribution < 1.29 is 9.59 Å². The number of aromatic amines is 1. The first-order valence-electron chi connectivity index (χ1n) is 5.39. The molecule has 0 atom stereocenters. The molecule has 5 nitrogen and oxygen atoms in total. The summed E-state index contributed by atoms with van der Waals surface area (Å²) >= 11 is 0. The molecular weight excluding hydrogens is 206 g/mol. The molecule has 0 saturated heterocycles. The van der Waals surface area contributed by atoms with Crippen LogP contribution in [0.4, 0.5) is 0 Å². The largest absolute Gasteiger partial charge is 0.344 e. The Bertz CT molecular complexity index is 382. The van der Waals surface area contributed by atoms with E-state index in [1.165, 1.54) is 0 Å². The van der Waals surface area contributed by atoms with Crippen LogP contribution in [0.3, 0.4) is 0 Å². The fraction of sp³-hybridized carbons (Fsp3) is 0.545. The number of nitrogens with one attached hydrogen (secondary N) is 2. The Morgan fingerprint density at radius 3 is 2.69 bits per heavy atom. The van der Waals surface area contributed by atoms with Crippen molar-refractivity contribution in [2.24, 2.45) is 5.92 Å². The van der Waals surface area contributed by atoms with Crippen LogP contribution in [-0.2, 0) is 11.2 Å². The molecule has 0 saturated carbocycles. The van der Waals surface area contributed by atoms with Crippen LogP contribution in [0, 0.1) is 5.92 Å². The summed E-state index contributed by atoms with van der Waals surface area (Å²) in [6.07, 6.45) is 0.797. The van der Waals surface area contributed by atoms with Gasteiger partial charge >= 0.3 is 0 Å². The minimum Gasteiger partial charge on any atom is -0.344 e. The van der Waals surface area contributed by atoms with Crippen LogP contribution in [0.2, 0.25) is 0 Å². The second-order valence-electron chi connectivity index (χ2n) is 3.94. The first-order chi connectivity index (χ1) is 7.54. The minimum atomic E-state index is -0.315. The van der Waals surface area contributed by atoms with Crippen LogP contribution in [0.25, 0.3) is 0 Å². The molecule has 1 amide bonds. The number of nitrogens with zero attached hydrogens (tertiary/aromatic N) is 1. The van der Waals surface area contributed by atoms with E-state index in [-0.39, 0.29) is 24.2 Å². The molecule has 0 fully saturated rings. The van der Waals surface area contributed by atoms with Gasteiger partial charge in [0.25, 0.3) is 5.91 Å². The summed E-state index contributed by atoms with van der Waals surface area (Å²) in [6, 6.07) is 1.69. The minimum absolute atomic E-state index is 0.0135. The summed E-state index contributed by atoms with van der Waals surface area (Å²) in [5, 5.41) is 9.16. The molecule has 0 aromatic carbocycles. The van der Waals surface area contributed by atoms with E-state index in [9.17, 15) is 9.59 Å². The third kappa shape index (κ3) is 3.18. The van der Waals surface area contributed by atoms with E-state index in [0.717, 1.165) is 12.1 Å². The molecule has 1 heterocycles. The van der Waals surface area contributed by atoms with E-state index in [2.05, 4.69) is 15.5 Å². The molecule has 0 radical (unpaired) electrons. The van der Waals surface area contributed by atoms with Gasteiger partial charge in [-0.05, 0) is 12.5 Å². The van der Waals surface area contributed by atoms with E-state index in [1.54, 1.807) is 19.9 Å². The molecule has 0 spiro atoms. The Kier molecular flexibility index (Phi) is 4.22. The number of hydrogen-bond donors (Lipinski definition) is 2. The average Bonchev–Trinajstić information content (AvgIpc) is 2.73. The van der Waals surface area contributed by atoms with Gasteiger partial charge in [-0.15, -0.1) is 0 Å². The first kappa shape index (κ1) is 12.4. The number of H-pyrrole nitrogens is 1. The monoisotopic (exact) mass is 223 g/mol. The van der Waals surface area contributed by atoms with Crippen molar-refractivity contribution in [3.05, 3.63) is 17.5 Å². The van der Waals surface area contributed by atoms with Crippen LogP contribution >= 0.6 is 0 Å². The number of carbonyl (C=O) groups is 2.